The molecule has 12 heavy (non-hydrogen) atoms. The van der Waals surface area contributed by atoms with Gasteiger partial charge < -0.3 is 11.1 Å². The Morgan fingerprint density at radius 2 is 2.17 bits per heavy atom. The normalized spacial score (nSPS) is 13.7. The van der Waals surface area contributed by atoms with Gasteiger partial charge in [0.15, 0.2) is 0 Å². The van der Waals surface area contributed by atoms with E-state index in [1.165, 1.54) is 0 Å². The molecule has 0 aliphatic rings. The second kappa shape index (κ2) is 4.26. The summed E-state index contributed by atoms with van der Waals surface area (Å²) in [5.74, 6) is -0.123. The Morgan fingerprint density at radius 1 is 1.67 bits per heavy atom. The molecule has 1 atom stereocenters. The van der Waals surface area contributed by atoms with Crippen molar-refractivity contribution >= 4 is 5.91 Å². The lowest BCUT2D eigenvalue weighted by Gasteiger charge is -2.25. The molecule has 0 bridgehead atoms. The molecule has 0 radical (unpaired) electrons. The van der Waals surface area contributed by atoms with E-state index >= 15 is 0 Å². The summed E-state index contributed by atoms with van der Waals surface area (Å²) in [6, 6.07) is -0.461. The molecule has 0 spiro atoms. The Labute approximate surface area is 74.0 Å². The fourth-order valence-corrected chi connectivity index (χ4v) is 0.676. The van der Waals surface area contributed by atoms with E-state index in [1.54, 1.807) is 6.08 Å². The number of rotatable bonds is 3. The van der Waals surface area contributed by atoms with Crippen LogP contribution in [-0.4, -0.2) is 18.5 Å². The van der Waals surface area contributed by atoms with E-state index in [2.05, 4.69) is 11.9 Å². The predicted molar refractivity (Wildman–Crippen MR) is 50.6 cm³/mol. The maximum absolute atomic E-state index is 11.3. The standard InChI is InChI=1S/C9H18N2O/c1-5-6-11-8(12)7(10)9(2,3)4/h5,7H,1,6,10H2,2-4H3,(H,11,12)/t7-/m1/s1. The highest BCUT2D eigenvalue weighted by molar-refractivity contribution is 5.82. The zero-order valence-corrected chi connectivity index (χ0v) is 8.05. The van der Waals surface area contributed by atoms with Crippen LogP contribution in [0.4, 0.5) is 0 Å². The van der Waals surface area contributed by atoms with E-state index in [9.17, 15) is 4.79 Å². The molecular formula is C9H18N2O. The summed E-state index contributed by atoms with van der Waals surface area (Å²) in [7, 11) is 0. The van der Waals surface area contributed by atoms with Crippen LogP contribution in [0, 0.1) is 5.41 Å². The summed E-state index contributed by atoms with van der Waals surface area (Å²) in [5, 5.41) is 2.66. The van der Waals surface area contributed by atoms with E-state index in [0.29, 0.717) is 6.54 Å². The second-order valence-corrected chi connectivity index (χ2v) is 3.88. The average Bonchev–Trinajstić information content (AvgIpc) is 1.97. The van der Waals surface area contributed by atoms with Gasteiger partial charge in [0.05, 0.1) is 6.04 Å². The topological polar surface area (TPSA) is 55.1 Å². The molecule has 0 aliphatic heterocycles. The van der Waals surface area contributed by atoms with Crippen LogP contribution in [0.1, 0.15) is 20.8 Å². The molecule has 0 saturated carbocycles. The highest BCUT2D eigenvalue weighted by Gasteiger charge is 2.26. The Morgan fingerprint density at radius 3 is 2.50 bits per heavy atom. The number of nitrogens with one attached hydrogen (secondary N) is 1. The SMILES string of the molecule is C=CCNC(=O)[C@@H](N)C(C)(C)C. The highest BCUT2D eigenvalue weighted by atomic mass is 16.2. The molecule has 70 valence electrons. The van der Waals surface area contributed by atoms with Crippen LogP contribution in [-0.2, 0) is 4.79 Å². The van der Waals surface area contributed by atoms with Crippen molar-refractivity contribution in [3.8, 4) is 0 Å². The van der Waals surface area contributed by atoms with Crippen molar-refractivity contribution in [3.05, 3.63) is 12.7 Å². The minimum atomic E-state index is -0.461. The van der Waals surface area contributed by atoms with Crippen LogP contribution >= 0.6 is 0 Å². The van der Waals surface area contributed by atoms with E-state index in [4.69, 9.17) is 5.73 Å². The van der Waals surface area contributed by atoms with Gasteiger partial charge in [-0.25, -0.2) is 0 Å². The van der Waals surface area contributed by atoms with Gasteiger partial charge in [-0.2, -0.15) is 0 Å². The third-order valence-electron chi connectivity index (χ3n) is 1.64. The minimum Gasteiger partial charge on any atom is -0.351 e. The molecule has 3 N–H and O–H groups in total. The van der Waals surface area contributed by atoms with Gasteiger partial charge in [-0.3, -0.25) is 4.79 Å². The summed E-state index contributed by atoms with van der Waals surface area (Å²) in [4.78, 5) is 11.3. The lowest BCUT2D eigenvalue weighted by molar-refractivity contribution is -0.124. The Bertz CT molecular complexity index is 170. The van der Waals surface area contributed by atoms with Gasteiger partial charge in [0, 0.05) is 6.54 Å². The number of nitrogens with two attached hydrogens (primary N) is 1. The van der Waals surface area contributed by atoms with Crippen molar-refractivity contribution in [1.29, 1.82) is 0 Å². The summed E-state index contributed by atoms with van der Waals surface area (Å²) in [5.41, 5.74) is 5.50. The van der Waals surface area contributed by atoms with Crippen molar-refractivity contribution in [2.24, 2.45) is 11.1 Å². The monoisotopic (exact) mass is 170 g/mol. The third-order valence-corrected chi connectivity index (χ3v) is 1.64. The van der Waals surface area contributed by atoms with Crippen molar-refractivity contribution in [2.45, 2.75) is 26.8 Å². The first kappa shape index (κ1) is 11.2. The minimum absolute atomic E-state index is 0.123. The molecule has 3 heteroatoms. The number of hydrogen-bond donors (Lipinski definition) is 2. The van der Waals surface area contributed by atoms with Gasteiger partial charge in [0.1, 0.15) is 0 Å². The maximum atomic E-state index is 11.3. The van der Waals surface area contributed by atoms with Crippen LogP contribution in [0.25, 0.3) is 0 Å². The number of hydrogen-bond acceptors (Lipinski definition) is 2. The number of carbonyl (C=O) groups is 1. The molecule has 0 rings (SSSR count). The van der Waals surface area contributed by atoms with Crippen LogP contribution in [0.2, 0.25) is 0 Å². The molecule has 0 aliphatic carbocycles. The maximum Gasteiger partial charge on any atom is 0.237 e. The molecular weight excluding hydrogens is 152 g/mol. The first-order valence-electron chi connectivity index (χ1n) is 4.03. The zero-order valence-electron chi connectivity index (χ0n) is 8.05. The molecule has 1 amide bonds. The lowest BCUT2D eigenvalue weighted by atomic mass is 9.87. The Balaban J connectivity index is 4.02. The first-order valence-corrected chi connectivity index (χ1v) is 4.03. The fraction of sp³-hybridized carbons (Fsp3) is 0.667. The van der Waals surface area contributed by atoms with Crippen molar-refractivity contribution in [3.63, 3.8) is 0 Å². The van der Waals surface area contributed by atoms with Crippen LogP contribution in [0.15, 0.2) is 12.7 Å². The van der Waals surface area contributed by atoms with E-state index in [0.717, 1.165) is 0 Å². The van der Waals surface area contributed by atoms with Crippen molar-refractivity contribution in [1.82, 2.24) is 5.32 Å². The first-order chi connectivity index (χ1) is 5.39. The Kier molecular flexibility index (Phi) is 3.96. The summed E-state index contributed by atoms with van der Waals surface area (Å²) in [6.07, 6.45) is 1.63. The van der Waals surface area contributed by atoms with E-state index in [-0.39, 0.29) is 11.3 Å². The molecule has 0 fully saturated rings. The number of amides is 1. The smallest absolute Gasteiger partial charge is 0.237 e. The van der Waals surface area contributed by atoms with E-state index in [1.807, 2.05) is 20.8 Å². The quantitative estimate of drug-likeness (QED) is 0.611. The van der Waals surface area contributed by atoms with E-state index < -0.39 is 6.04 Å². The molecule has 0 aromatic rings. The highest BCUT2D eigenvalue weighted by Crippen LogP contribution is 2.16. The van der Waals surface area contributed by atoms with Crippen molar-refractivity contribution in [2.75, 3.05) is 6.54 Å². The molecule has 0 heterocycles. The van der Waals surface area contributed by atoms with Gasteiger partial charge >= 0.3 is 0 Å². The summed E-state index contributed by atoms with van der Waals surface area (Å²) < 4.78 is 0. The third kappa shape index (κ3) is 3.53. The van der Waals surface area contributed by atoms with Crippen LogP contribution in [0.3, 0.4) is 0 Å². The Hall–Kier alpha value is -0.830. The van der Waals surface area contributed by atoms with Gasteiger partial charge in [0.25, 0.3) is 0 Å². The van der Waals surface area contributed by atoms with Gasteiger partial charge in [-0.1, -0.05) is 26.8 Å². The average molecular weight is 170 g/mol. The van der Waals surface area contributed by atoms with Crippen LogP contribution in [0.5, 0.6) is 0 Å². The molecule has 0 aromatic carbocycles. The molecule has 0 saturated heterocycles. The van der Waals surface area contributed by atoms with Crippen molar-refractivity contribution < 1.29 is 4.79 Å². The lowest BCUT2D eigenvalue weighted by Crippen LogP contribution is -2.48. The predicted octanol–water partition coefficient (Wildman–Crippen LogP) is 0.662. The molecule has 0 aromatic heterocycles. The van der Waals surface area contributed by atoms with Crippen LogP contribution < -0.4 is 11.1 Å². The number of carbonyl (C=O) groups excluding carboxylic acids is 1. The van der Waals surface area contributed by atoms with Gasteiger partial charge in [-0.15, -0.1) is 6.58 Å². The van der Waals surface area contributed by atoms with Gasteiger partial charge in [0.2, 0.25) is 5.91 Å². The molecule has 0 unspecified atom stereocenters. The largest absolute Gasteiger partial charge is 0.351 e. The fourth-order valence-electron chi connectivity index (χ4n) is 0.676. The summed E-state index contributed by atoms with van der Waals surface area (Å²) in [6.45, 7) is 9.78. The second-order valence-electron chi connectivity index (χ2n) is 3.88. The zero-order chi connectivity index (χ0) is 9.78. The summed E-state index contributed by atoms with van der Waals surface area (Å²) >= 11 is 0. The van der Waals surface area contributed by atoms with Gasteiger partial charge in [-0.05, 0) is 5.41 Å². The molecule has 3 nitrogen and oxygen atoms in total.